The Hall–Kier alpha value is -4.13. The van der Waals surface area contributed by atoms with Gasteiger partial charge in [0.15, 0.2) is 0 Å². The van der Waals surface area contributed by atoms with Gasteiger partial charge in [0.25, 0.3) is 5.91 Å². The lowest BCUT2D eigenvalue weighted by Gasteiger charge is -2.11. The number of pyridine rings is 2. The van der Waals surface area contributed by atoms with Crippen molar-refractivity contribution in [3.05, 3.63) is 115 Å². The van der Waals surface area contributed by atoms with Gasteiger partial charge < -0.3 is 23.0 Å². The molecule has 1 amide bonds. The van der Waals surface area contributed by atoms with Gasteiger partial charge in [-0.2, -0.15) is 0 Å². The molecule has 3 N–H and O–H groups in total. The molecule has 5 rings (SSSR count). The van der Waals surface area contributed by atoms with E-state index in [-0.39, 0.29) is 30.7 Å². The summed E-state index contributed by atoms with van der Waals surface area (Å²) in [5, 5.41) is 10.8. The number of carbonyl (C=O) groups is 1. The molecule has 0 aliphatic heterocycles. The molecule has 0 aliphatic rings. The number of carbonyl (C=O) groups excluding carboxylic acids is 1. The van der Waals surface area contributed by atoms with Gasteiger partial charge in [0.2, 0.25) is 0 Å². The molecule has 8 heteroatoms. The number of anilines is 5. The Morgan fingerprint density at radius 2 is 1.58 bits per heavy atom. The minimum absolute atomic E-state index is 0. The Bertz CT molecular complexity index is 1450. The molecule has 0 unspecified atom stereocenters. The largest absolute Gasteiger partial charge is 1.00 e. The number of amides is 1. The maximum Gasteiger partial charge on any atom is 0.256 e. The summed E-state index contributed by atoms with van der Waals surface area (Å²) in [7, 11) is 1.97. The Labute approximate surface area is 222 Å². The van der Waals surface area contributed by atoms with Crippen molar-refractivity contribution in [1.82, 2.24) is 9.55 Å². The van der Waals surface area contributed by atoms with Gasteiger partial charge in [0.1, 0.15) is 11.4 Å². The van der Waals surface area contributed by atoms with Crippen LogP contribution < -0.4 is 28.4 Å². The van der Waals surface area contributed by atoms with E-state index in [1.54, 1.807) is 12.3 Å². The van der Waals surface area contributed by atoms with E-state index < -0.39 is 0 Å². The summed E-state index contributed by atoms with van der Waals surface area (Å²) in [4.78, 5) is 17.2. The zero-order valence-corrected chi connectivity index (χ0v) is 21.1. The number of benzene rings is 3. The first kappa shape index (κ1) is 26.5. The van der Waals surface area contributed by atoms with Crippen LogP contribution in [0.3, 0.4) is 0 Å². The lowest BCUT2D eigenvalue weighted by atomic mass is 10.1. The predicted molar refractivity (Wildman–Crippen MR) is 146 cm³/mol. The van der Waals surface area contributed by atoms with Crippen LogP contribution in [0.4, 0.5) is 28.4 Å². The van der Waals surface area contributed by atoms with Gasteiger partial charge in [-0.1, -0.05) is 18.2 Å². The average molecular weight is 518 g/mol. The van der Waals surface area contributed by atoms with Crippen LogP contribution in [0.25, 0.3) is 10.9 Å². The summed E-state index contributed by atoms with van der Waals surface area (Å²) in [6, 6.07) is 29.0. The van der Waals surface area contributed by atoms with Crippen molar-refractivity contribution < 1.29 is 17.2 Å². The van der Waals surface area contributed by atoms with Crippen LogP contribution in [0.15, 0.2) is 110 Å². The summed E-state index contributed by atoms with van der Waals surface area (Å²) in [6.07, 6.45) is 5.73. The molecule has 2 aromatic heterocycles. The number of halogens is 2. The molecule has 0 saturated heterocycles. The number of hydrogen-bond acceptors (Lipinski definition) is 4. The smallest absolute Gasteiger partial charge is 0.256 e. The number of nitrogens with one attached hydrogen (secondary N) is 3. The van der Waals surface area contributed by atoms with E-state index in [9.17, 15) is 4.79 Å². The van der Waals surface area contributed by atoms with Crippen molar-refractivity contribution in [3.63, 3.8) is 0 Å². The van der Waals surface area contributed by atoms with Gasteiger partial charge in [-0.3, -0.25) is 19.7 Å². The zero-order valence-electron chi connectivity index (χ0n) is 19.5. The first-order valence-electron chi connectivity index (χ1n) is 11.0. The Morgan fingerprint density at radius 3 is 2.36 bits per heavy atom. The molecule has 3 aromatic carbocycles. The zero-order chi connectivity index (χ0) is 23.3. The first-order chi connectivity index (χ1) is 16.6. The topological polar surface area (TPSA) is 71.0 Å². The molecule has 0 radical (unpaired) electrons. The maximum atomic E-state index is 12.8. The number of aromatic nitrogens is 2. The van der Waals surface area contributed by atoms with E-state index in [0.717, 1.165) is 39.3 Å². The highest BCUT2D eigenvalue weighted by atomic mass is 35.5. The number of nitrogens with zero attached hydrogens (tertiary/aromatic N) is 2. The van der Waals surface area contributed by atoms with Crippen molar-refractivity contribution >= 4 is 57.7 Å². The molecule has 36 heavy (non-hydrogen) atoms. The second kappa shape index (κ2) is 12.0. The van der Waals surface area contributed by atoms with Gasteiger partial charge in [-0.05, 0) is 48.5 Å². The van der Waals surface area contributed by atoms with Crippen molar-refractivity contribution in [1.29, 1.82) is 0 Å². The summed E-state index contributed by atoms with van der Waals surface area (Å²) in [6.45, 7) is 0. The van der Waals surface area contributed by atoms with E-state index in [2.05, 4.69) is 20.9 Å². The molecule has 0 aliphatic carbocycles. The highest BCUT2D eigenvalue weighted by Gasteiger charge is 2.10. The van der Waals surface area contributed by atoms with E-state index in [1.807, 2.05) is 109 Å². The third kappa shape index (κ3) is 6.30. The van der Waals surface area contributed by atoms with Crippen LogP contribution in [-0.4, -0.2) is 15.5 Å². The minimum Gasteiger partial charge on any atom is -1.00 e. The molecule has 5 aromatic rings. The van der Waals surface area contributed by atoms with Gasteiger partial charge in [-0.25, -0.2) is 0 Å². The Balaban J connectivity index is 0.00000180. The van der Waals surface area contributed by atoms with Crippen LogP contribution in [0.1, 0.15) is 10.4 Å². The third-order valence-corrected chi connectivity index (χ3v) is 5.46. The molecule has 2 heterocycles. The second-order valence-corrected chi connectivity index (χ2v) is 7.99. The number of fused-ring (bicyclic) bond motifs is 1. The maximum absolute atomic E-state index is 12.8. The molecular weight excluding hydrogens is 493 g/mol. The molecule has 0 spiro atoms. The van der Waals surface area contributed by atoms with Gasteiger partial charge in [0.05, 0.1) is 35.6 Å². The van der Waals surface area contributed by atoms with Gasteiger partial charge in [-0.15, -0.1) is 12.4 Å². The van der Waals surface area contributed by atoms with Crippen LogP contribution in [0.5, 0.6) is 0 Å². The highest BCUT2D eigenvalue weighted by Crippen LogP contribution is 2.26. The SMILES string of the molecule is Cl.Cn1cc[c+](Nc2cccc(C(=O)Nc3ccc(Nc4ccnc5ccccc45)cc3)c2)cc1.[Cl-]. The standard InChI is InChI=1S/C28H23N5O.2ClH/c1-33-17-14-23(15-18-33)30-24-6-4-5-20(19-24)28(34)32-22-11-9-21(10-12-22)31-27-13-16-29-26-8-3-2-7-25(26)27;;/h2-19,30H,1H3,(H-,29,31,32,34);2*1H. The predicted octanol–water partition coefficient (Wildman–Crippen LogP) is 4.02. The fourth-order valence-electron chi connectivity index (χ4n) is 3.69. The first-order valence-corrected chi connectivity index (χ1v) is 11.0. The average Bonchev–Trinajstić information content (AvgIpc) is 2.87. The number of aryl methyl sites for hydroxylation is 1. The summed E-state index contributed by atoms with van der Waals surface area (Å²) in [5.74, 6) is -0.163. The summed E-state index contributed by atoms with van der Waals surface area (Å²) in [5.41, 5.74) is 5.97. The Kier molecular flexibility index (Phi) is 8.84. The monoisotopic (exact) mass is 517 g/mol. The molecule has 182 valence electrons. The van der Waals surface area contributed by atoms with Crippen molar-refractivity contribution in [2.75, 3.05) is 16.0 Å². The van der Waals surface area contributed by atoms with Gasteiger partial charge in [0, 0.05) is 47.8 Å². The summed E-state index contributed by atoms with van der Waals surface area (Å²) >= 11 is 0. The van der Waals surface area contributed by atoms with Gasteiger partial charge >= 0.3 is 0 Å². The molecular formula is C28H25Cl2N5O. The lowest BCUT2D eigenvalue weighted by molar-refractivity contribution is -0.0000145. The third-order valence-electron chi connectivity index (χ3n) is 5.46. The fraction of sp³-hybridized carbons (Fsp3) is 0.0357. The van der Waals surface area contributed by atoms with E-state index in [4.69, 9.17) is 0 Å². The normalized spacial score (nSPS) is 10.0. The molecule has 0 bridgehead atoms. The van der Waals surface area contributed by atoms with Crippen LogP contribution in [-0.2, 0) is 7.05 Å². The second-order valence-electron chi connectivity index (χ2n) is 7.99. The van der Waals surface area contributed by atoms with E-state index >= 15 is 0 Å². The molecule has 0 fully saturated rings. The molecule has 0 saturated carbocycles. The Morgan fingerprint density at radius 1 is 0.861 bits per heavy atom. The number of rotatable bonds is 6. The van der Waals surface area contributed by atoms with Crippen LogP contribution >= 0.6 is 12.4 Å². The summed E-state index contributed by atoms with van der Waals surface area (Å²) < 4.78 is 1.97. The molecule has 6 nitrogen and oxygen atoms in total. The van der Waals surface area contributed by atoms with E-state index in [1.165, 1.54) is 0 Å². The molecule has 0 atom stereocenters. The van der Waals surface area contributed by atoms with Crippen molar-refractivity contribution in [2.24, 2.45) is 7.05 Å². The van der Waals surface area contributed by atoms with Crippen LogP contribution in [0.2, 0.25) is 0 Å². The van der Waals surface area contributed by atoms with Crippen molar-refractivity contribution in [2.45, 2.75) is 0 Å². The number of hydrogen-bond donors (Lipinski definition) is 3. The van der Waals surface area contributed by atoms with Crippen LogP contribution in [0, 0.1) is 0 Å². The van der Waals surface area contributed by atoms with E-state index in [0.29, 0.717) is 5.56 Å². The number of para-hydroxylation sites is 1. The quantitative estimate of drug-likeness (QED) is 0.297. The fourth-order valence-corrected chi connectivity index (χ4v) is 3.69. The highest BCUT2D eigenvalue weighted by molar-refractivity contribution is 6.05. The van der Waals surface area contributed by atoms with Crippen molar-refractivity contribution in [3.8, 4) is 0 Å². The minimum atomic E-state index is -0.163. The lowest BCUT2D eigenvalue weighted by Crippen LogP contribution is -3.00.